The van der Waals surface area contributed by atoms with Crippen molar-refractivity contribution in [2.75, 3.05) is 27.9 Å². The second-order valence-electron chi connectivity index (χ2n) is 8.39. The topological polar surface area (TPSA) is 118 Å². The molecule has 0 aliphatic rings. The van der Waals surface area contributed by atoms with Crippen LogP contribution in [0.1, 0.15) is 42.6 Å². The number of ether oxygens (including phenoxy) is 5. The van der Waals surface area contributed by atoms with Crippen LogP contribution >= 0.6 is 0 Å². The second kappa shape index (κ2) is 11.2. The predicted octanol–water partition coefficient (Wildman–Crippen LogP) is 4.60. The van der Waals surface area contributed by atoms with Gasteiger partial charge in [0.05, 0.1) is 57.2 Å². The van der Waals surface area contributed by atoms with Crippen LogP contribution in [0.5, 0.6) is 23.0 Å². The van der Waals surface area contributed by atoms with E-state index >= 15 is 0 Å². The zero-order chi connectivity index (χ0) is 26.5. The van der Waals surface area contributed by atoms with Gasteiger partial charge in [0.25, 0.3) is 0 Å². The van der Waals surface area contributed by atoms with E-state index in [0.717, 1.165) is 5.56 Å². The quantitative estimate of drug-likeness (QED) is 0.308. The number of benzene rings is 2. The van der Waals surface area contributed by atoms with E-state index in [1.54, 1.807) is 34.3 Å². The summed E-state index contributed by atoms with van der Waals surface area (Å²) < 4.78 is 28.1. The van der Waals surface area contributed by atoms with E-state index in [4.69, 9.17) is 28.7 Å². The van der Waals surface area contributed by atoms with Gasteiger partial charge in [0.1, 0.15) is 12.2 Å². The van der Waals surface area contributed by atoms with E-state index in [1.165, 1.54) is 6.33 Å². The highest BCUT2D eigenvalue weighted by atomic mass is 16.5. The maximum Gasteiger partial charge on any atom is 0.340 e. The third-order valence-corrected chi connectivity index (χ3v) is 5.66. The molecule has 37 heavy (non-hydrogen) atoms. The van der Waals surface area contributed by atoms with Crippen molar-refractivity contribution in [1.82, 2.24) is 20.2 Å². The molecule has 0 atom stereocenters. The number of H-pyrrole nitrogens is 1. The number of pyridine rings is 1. The van der Waals surface area contributed by atoms with Gasteiger partial charge in [-0.1, -0.05) is 6.07 Å². The average Bonchev–Trinajstić information content (AvgIpc) is 3.40. The molecular formula is C27H30N4O6. The molecule has 0 radical (unpaired) electrons. The summed E-state index contributed by atoms with van der Waals surface area (Å²) >= 11 is 0. The van der Waals surface area contributed by atoms with E-state index in [2.05, 4.69) is 15.2 Å². The molecule has 2 aromatic heterocycles. The van der Waals surface area contributed by atoms with E-state index in [0.29, 0.717) is 56.5 Å². The highest BCUT2D eigenvalue weighted by molar-refractivity contribution is 6.08. The molecule has 0 spiro atoms. The molecule has 2 aromatic carbocycles. The first-order valence-corrected chi connectivity index (χ1v) is 11.8. The van der Waals surface area contributed by atoms with Gasteiger partial charge in [0.15, 0.2) is 23.0 Å². The van der Waals surface area contributed by atoms with Crippen molar-refractivity contribution in [3.8, 4) is 34.1 Å². The van der Waals surface area contributed by atoms with Crippen molar-refractivity contribution < 1.29 is 28.5 Å². The Balaban J connectivity index is 2.10. The number of esters is 1. The lowest BCUT2D eigenvalue weighted by atomic mass is 9.92. The molecular weight excluding hydrogens is 476 g/mol. The van der Waals surface area contributed by atoms with Crippen molar-refractivity contribution in [1.29, 1.82) is 0 Å². The number of aromatic amines is 1. The van der Waals surface area contributed by atoms with Crippen molar-refractivity contribution >= 4 is 16.9 Å². The highest BCUT2D eigenvalue weighted by Gasteiger charge is 2.26. The van der Waals surface area contributed by atoms with E-state index in [9.17, 15) is 4.79 Å². The zero-order valence-corrected chi connectivity index (χ0v) is 21.7. The Labute approximate surface area is 214 Å². The fraction of sp³-hybridized carbons (Fsp3) is 0.333. The van der Waals surface area contributed by atoms with Gasteiger partial charge < -0.3 is 23.7 Å². The molecule has 10 heteroatoms. The molecule has 0 unspecified atom stereocenters. The number of hydrogen-bond donors (Lipinski definition) is 1. The number of carbonyl (C=O) groups is 1. The van der Waals surface area contributed by atoms with Gasteiger partial charge >= 0.3 is 5.97 Å². The van der Waals surface area contributed by atoms with E-state index < -0.39 is 5.97 Å². The molecule has 0 fully saturated rings. The number of rotatable bonds is 10. The van der Waals surface area contributed by atoms with E-state index in [1.807, 2.05) is 38.1 Å². The summed E-state index contributed by atoms with van der Waals surface area (Å²) in [5.41, 5.74) is 2.75. The third-order valence-electron chi connectivity index (χ3n) is 5.66. The second-order valence-corrected chi connectivity index (χ2v) is 8.39. The number of fused-ring (bicyclic) bond motifs is 1. The minimum atomic E-state index is -0.502. The summed E-state index contributed by atoms with van der Waals surface area (Å²) in [6, 6.07) is 9.13. The fourth-order valence-electron chi connectivity index (χ4n) is 4.14. The number of hydrogen-bond acceptors (Lipinski definition) is 9. The molecule has 1 N–H and O–H groups in total. The maximum absolute atomic E-state index is 13.5. The fourth-order valence-corrected chi connectivity index (χ4v) is 4.14. The lowest BCUT2D eigenvalue weighted by molar-refractivity contribution is 0.0525. The third kappa shape index (κ3) is 5.28. The van der Waals surface area contributed by atoms with Gasteiger partial charge in [-0.05, 0) is 44.5 Å². The van der Waals surface area contributed by atoms with Crippen LogP contribution in [0.3, 0.4) is 0 Å². The lowest BCUT2D eigenvalue weighted by Crippen LogP contribution is -2.14. The Morgan fingerprint density at radius 3 is 2.32 bits per heavy atom. The molecule has 194 valence electrons. The number of nitrogens with one attached hydrogen (secondary N) is 1. The van der Waals surface area contributed by atoms with Gasteiger partial charge in [-0.3, -0.25) is 10.1 Å². The molecule has 0 saturated heterocycles. The molecule has 2 heterocycles. The Kier molecular flexibility index (Phi) is 7.76. The van der Waals surface area contributed by atoms with Crippen LogP contribution < -0.4 is 18.9 Å². The number of methoxy groups -OCH3 is 3. The Morgan fingerprint density at radius 1 is 0.973 bits per heavy atom. The van der Waals surface area contributed by atoms with Gasteiger partial charge in [-0.2, -0.15) is 5.10 Å². The lowest BCUT2D eigenvalue weighted by Gasteiger charge is -2.20. The molecule has 0 saturated carbocycles. The first-order valence-electron chi connectivity index (χ1n) is 11.8. The van der Waals surface area contributed by atoms with Crippen LogP contribution in [0.25, 0.3) is 22.0 Å². The maximum atomic E-state index is 13.5. The van der Waals surface area contributed by atoms with Crippen LogP contribution in [0.15, 0.2) is 36.7 Å². The summed E-state index contributed by atoms with van der Waals surface area (Å²) in [5, 5.41) is 7.46. The van der Waals surface area contributed by atoms with Crippen molar-refractivity contribution in [3.63, 3.8) is 0 Å². The van der Waals surface area contributed by atoms with Crippen molar-refractivity contribution in [3.05, 3.63) is 53.7 Å². The van der Waals surface area contributed by atoms with Gasteiger partial charge in [-0.15, -0.1) is 0 Å². The summed E-state index contributed by atoms with van der Waals surface area (Å²) in [6.45, 7) is 5.83. The zero-order valence-electron chi connectivity index (χ0n) is 21.7. The standard InChI is InChI=1S/C27H30N4O6/c1-7-36-27(32)26-19(13-24-28-14-29-31-24)30-18-12-22(35-6)21(34-5)11-17(18)25(26)16-8-9-20(33-4)23(10-16)37-15(2)3/h8-12,14-15H,7,13H2,1-6H3,(H,28,29,31). The van der Waals surface area contributed by atoms with Gasteiger partial charge in [0, 0.05) is 17.0 Å². The largest absolute Gasteiger partial charge is 0.493 e. The summed E-state index contributed by atoms with van der Waals surface area (Å²) in [7, 11) is 4.70. The minimum Gasteiger partial charge on any atom is -0.493 e. The number of nitrogens with zero attached hydrogens (tertiary/aromatic N) is 3. The van der Waals surface area contributed by atoms with E-state index in [-0.39, 0.29) is 19.1 Å². The van der Waals surface area contributed by atoms with Gasteiger partial charge in [0.2, 0.25) is 0 Å². The van der Waals surface area contributed by atoms with Crippen LogP contribution in [-0.4, -0.2) is 60.2 Å². The smallest absolute Gasteiger partial charge is 0.340 e. The molecule has 0 aliphatic heterocycles. The summed E-state index contributed by atoms with van der Waals surface area (Å²) in [6.07, 6.45) is 1.56. The summed E-state index contributed by atoms with van der Waals surface area (Å²) in [4.78, 5) is 22.6. The van der Waals surface area contributed by atoms with Gasteiger partial charge in [-0.25, -0.2) is 9.78 Å². The number of aromatic nitrogens is 4. The van der Waals surface area contributed by atoms with Crippen LogP contribution in [-0.2, 0) is 11.2 Å². The molecule has 4 rings (SSSR count). The normalized spacial score (nSPS) is 11.0. The summed E-state index contributed by atoms with van der Waals surface area (Å²) in [5.74, 6) is 2.20. The van der Waals surface area contributed by atoms with Crippen LogP contribution in [0.2, 0.25) is 0 Å². The van der Waals surface area contributed by atoms with Crippen molar-refractivity contribution in [2.45, 2.75) is 33.3 Å². The van der Waals surface area contributed by atoms with Crippen molar-refractivity contribution in [2.24, 2.45) is 0 Å². The molecule has 10 nitrogen and oxygen atoms in total. The monoisotopic (exact) mass is 506 g/mol. The molecule has 0 aliphatic carbocycles. The van der Waals surface area contributed by atoms with Crippen LogP contribution in [0, 0.1) is 0 Å². The Hall–Kier alpha value is -4.34. The number of carbonyl (C=O) groups excluding carboxylic acids is 1. The molecule has 0 bridgehead atoms. The highest BCUT2D eigenvalue weighted by Crippen LogP contribution is 2.42. The Morgan fingerprint density at radius 2 is 1.70 bits per heavy atom. The SMILES string of the molecule is CCOC(=O)c1c(Cc2ncn[nH]2)nc2cc(OC)c(OC)cc2c1-c1ccc(OC)c(OC(C)C)c1. The molecule has 0 amide bonds. The first-order chi connectivity index (χ1) is 17.9. The average molecular weight is 507 g/mol. The minimum absolute atomic E-state index is 0.0887. The Bertz CT molecular complexity index is 1400. The predicted molar refractivity (Wildman–Crippen MR) is 138 cm³/mol. The molecule has 4 aromatic rings. The van der Waals surface area contributed by atoms with Crippen LogP contribution in [0.4, 0.5) is 0 Å². The first kappa shape index (κ1) is 25.7.